The van der Waals surface area contributed by atoms with Crippen molar-refractivity contribution >= 4 is 28.6 Å². The Hall–Kier alpha value is -1.49. The van der Waals surface area contributed by atoms with Gasteiger partial charge < -0.3 is 5.11 Å². The Bertz CT molecular complexity index is 592. The van der Waals surface area contributed by atoms with Crippen LogP contribution in [0.2, 0.25) is 0 Å². The minimum absolute atomic E-state index is 0.109. The van der Waals surface area contributed by atoms with Gasteiger partial charge in [-0.3, -0.25) is 9.48 Å². The van der Waals surface area contributed by atoms with Gasteiger partial charge in [0.05, 0.1) is 11.2 Å². The van der Waals surface area contributed by atoms with E-state index in [1.54, 1.807) is 0 Å². The summed E-state index contributed by atoms with van der Waals surface area (Å²) in [5.41, 5.74) is 2.03. The second-order valence-corrected chi connectivity index (χ2v) is 6.03. The molecule has 0 fully saturated rings. The summed E-state index contributed by atoms with van der Waals surface area (Å²) in [6.07, 6.45) is 0. The van der Waals surface area contributed by atoms with E-state index in [4.69, 9.17) is 0 Å². The van der Waals surface area contributed by atoms with E-state index in [-0.39, 0.29) is 11.2 Å². The standard InChI is InChI=1S/C14H18N2O2S/c1-9(2)13(14(17)18)19-8-11-10-6-4-5-7-12(10)16(3)15-11/h4-7,9,13H,8H2,1-3H3,(H,17,18). The molecule has 1 heterocycles. The minimum atomic E-state index is -0.750. The highest BCUT2D eigenvalue weighted by atomic mass is 32.2. The van der Waals surface area contributed by atoms with Gasteiger partial charge in [-0.05, 0) is 12.0 Å². The average Bonchev–Trinajstić information content (AvgIpc) is 2.67. The fourth-order valence-electron chi connectivity index (χ4n) is 2.11. The van der Waals surface area contributed by atoms with Crippen molar-refractivity contribution in [3.05, 3.63) is 30.0 Å². The lowest BCUT2D eigenvalue weighted by Gasteiger charge is -2.14. The maximum absolute atomic E-state index is 11.2. The van der Waals surface area contributed by atoms with E-state index in [1.165, 1.54) is 11.8 Å². The summed E-state index contributed by atoms with van der Waals surface area (Å²) in [5.74, 6) is -0.0195. The van der Waals surface area contributed by atoms with Gasteiger partial charge in [0.25, 0.3) is 0 Å². The number of rotatable bonds is 5. The van der Waals surface area contributed by atoms with E-state index >= 15 is 0 Å². The Kier molecular flexibility index (Phi) is 4.14. The molecule has 2 rings (SSSR count). The molecule has 1 aromatic carbocycles. The van der Waals surface area contributed by atoms with Gasteiger partial charge in [-0.2, -0.15) is 5.10 Å². The highest BCUT2D eigenvalue weighted by molar-refractivity contribution is 7.99. The predicted molar refractivity (Wildman–Crippen MR) is 78.3 cm³/mol. The van der Waals surface area contributed by atoms with Crippen molar-refractivity contribution < 1.29 is 9.90 Å². The number of carboxylic acid groups (broad SMARTS) is 1. The van der Waals surface area contributed by atoms with Crippen molar-refractivity contribution in [1.82, 2.24) is 9.78 Å². The molecule has 0 saturated heterocycles. The smallest absolute Gasteiger partial charge is 0.316 e. The zero-order valence-corrected chi connectivity index (χ0v) is 12.1. The molecule has 0 bridgehead atoms. The molecule has 102 valence electrons. The van der Waals surface area contributed by atoms with Crippen molar-refractivity contribution in [2.75, 3.05) is 0 Å². The van der Waals surface area contributed by atoms with E-state index in [0.29, 0.717) is 5.75 Å². The van der Waals surface area contributed by atoms with E-state index in [1.807, 2.05) is 49.8 Å². The minimum Gasteiger partial charge on any atom is -0.480 e. The summed E-state index contributed by atoms with van der Waals surface area (Å²) in [6, 6.07) is 8.02. The third kappa shape index (κ3) is 2.92. The number of fused-ring (bicyclic) bond motifs is 1. The summed E-state index contributed by atoms with van der Waals surface area (Å²) >= 11 is 1.44. The number of carboxylic acids is 1. The second-order valence-electron chi connectivity index (χ2n) is 4.90. The first kappa shape index (κ1) is 13.9. The lowest BCUT2D eigenvalue weighted by Crippen LogP contribution is -2.22. The maximum atomic E-state index is 11.2. The quantitative estimate of drug-likeness (QED) is 0.913. The lowest BCUT2D eigenvalue weighted by atomic mass is 10.1. The number of hydrogen-bond acceptors (Lipinski definition) is 3. The molecule has 4 nitrogen and oxygen atoms in total. The number of nitrogens with zero attached hydrogens (tertiary/aromatic N) is 2. The maximum Gasteiger partial charge on any atom is 0.316 e. The first-order valence-corrected chi connectivity index (χ1v) is 7.30. The van der Waals surface area contributed by atoms with Crippen LogP contribution in [0.4, 0.5) is 0 Å². The average molecular weight is 278 g/mol. The molecule has 5 heteroatoms. The largest absolute Gasteiger partial charge is 0.480 e. The number of carbonyl (C=O) groups is 1. The third-order valence-electron chi connectivity index (χ3n) is 3.08. The molecule has 19 heavy (non-hydrogen) atoms. The summed E-state index contributed by atoms with van der Waals surface area (Å²) in [7, 11) is 1.91. The van der Waals surface area contributed by atoms with Crippen molar-refractivity contribution in [2.24, 2.45) is 13.0 Å². The van der Waals surface area contributed by atoms with Crippen molar-refractivity contribution in [1.29, 1.82) is 0 Å². The molecule has 1 aromatic heterocycles. The first-order valence-electron chi connectivity index (χ1n) is 6.25. The third-order valence-corrected chi connectivity index (χ3v) is 4.63. The summed E-state index contributed by atoms with van der Waals surface area (Å²) in [5, 5.41) is 14.4. The molecule has 0 radical (unpaired) electrons. The van der Waals surface area contributed by atoms with E-state index < -0.39 is 5.97 Å². The van der Waals surface area contributed by atoms with Crippen molar-refractivity contribution in [3.8, 4) is 0 Å². The molecule has 0 aliphatic rings. The molecule has 0 amide bonds. The molecule has 1 atom stereocenters. The van der Waals surface area contributed by atoms with Gasteiger partial charge in [-0.25, -0.2) is 0 Å². The fraction of sp³-hybridized carbons (Fsp3) is 0.429. The zero-order chi connectivity index (χ0) is 14.0. The molecular formula is C14H18N2O2S. The van der Waals surface area contributed by atoms with Gasteiger partial charge in [0, 0.05) is 18.2 Å². The van der Waals surface area contributed by atoms with Crippen LogP contribution in [0.15, 0.2) is 24.3 Å². The number of aromatic nitrogens is 2. The van der Waals surface area contributed by atoms with Crippen LogP contribution in [0.5, 0.6) is 0 Å². The SMILES string of the molecule is CC(C)C(SCc1nn(C)c2ccccc12)C(=O)O. The Morgan fingerprint density at radius 1 is 1.42 bits per heavy atom. The number of hydrogen-bond donors (Lipinski definition) is 1. The van der Waals surface area contributed by atoms with Crippen LogP contribution < -0.4 is 0 Å². The Balaban J connectivity index is 2.20. The molecule has 1 N–H and O–H groups in total. The summed E-state index contributed by atoms with van der Waals surface area (Å²) < 4.78 is 1.84. The van der Waals surface area contributed by atoms with Crippen LogP contribution in [0.3, 0.4) is 0 Å². The predicted octanol–water partition coefficient (Wildman–Crippen LogP) is 2.92. The van der Waals surface area contributed by atoms with Gasteiger partial charge in [0.2, 0.25) is 0 Å². The first-order chi connectivity index (χ1) is 9.00. The Morgan fingerprint density at radius 2 is 2.11 bits per heavy atom. The summed E-state index contributed by atoms with van der Waals surface area (Å²) in [6.45, 7) is 3.87. The van der Waals surface area contributed by atoms with Gasteiger partial charge in [0.1, 0.15) is 5.25 Å². The van der Waals surface area contributed by atoms with Crippen molar-refractivity contribution in [3.63, 3.8) is 0 Å². The van der Waals surface area contributed by atoms with E-state index in [2.05, 4.69) is 5.10 Å². The molecular weight excluding hydrogens is 260 g/mol. The Labute approximate surface area is 116 Å². The van der Waals surface area contributed by atoms with Gasteiger partial charge in [-0.15, -0.1) is 11.8 Å². The van der Waals surface area contributed by atoms with Crippen LogP contribution in [0.25, 0.3) is 10.9 Å². The number of aliphatic carboxylic acids is 1. The Morgan fingerprint density at radius 3 is 2.74 bits per heavy atom. The van der Waals surface area contributed by atoms with Crippen LogP contribution in [-0.2, 0) is 17.6 Å². The van der Waals surface area contributed by atoms with Crippen LogP contribution >= 0.6 is 11.8 Å². The molecule has 0 spiro atoms. The zero-order valence-electron chi connectivity index (χ0n) is 11.3. The van der Waals surface area contributed by atoms with Gasteiger partial charge in [-0.1, -0.05) is 32.0 Å². The molecule has 0 aliphatic heterocycles. The monoisotopic (exact) mass is 278 g/mol. The molecule has 1 unspecified atom stereocenters. The van der Waals surface area contributed by atoms with Crippen LogP contribution in [0, 0.1) is 5.92 Å². The fourth-order valence-corrected chi connectivity index (χ4v) is 3.19. The summed E-state index contributed by atoms with van der Waals surface area (Å²) in [4.78, 5) is 11.2. The van der Waals surface area contributed by atoms with Crippen LogP contribution in [0.1, 0.15) is 19.5 Å². The topological polar surface area (TPSA) is 55.1 Å². The van der Waals surface area contributed by atoms with E-state index in [9.17, 15) is 9.90 Å². The van der Waals surface area contributed by atoms with E-state index in [0.717, 1.165) is 16.6 Å². The highest BCUT2D eigenvalue weighted by Gasteiger charge is 2.22. The normalized spacial score (nSPS) is 13.1. The number of para-hydroxylation sites is 1. The van der Waals surface area contributed by atoms with Crippen molar-refractivity contribution in [2.45, 2.75) is 24.9 Å². The second kappa shape index (κ2) is 5.65. The van der Waals surface area contributed by atoms with Crippen LogP contribution in [-0.4, -0.2) is 26.1 Å². The number of aryl methyl sites for hydroxylation is 1. The number of benzene rings is 1. The molecule has 2 aromatic rings. The molecule has 0 saturated carbocycles. The van der Waals surface area contributed by atoms with Gasteiger partial charge >= 0.3 is 5.97 Å². The highest BCUT2D eigenvalue weighted by Crippen LogP contribution is 2.27. The molecule has 0 aliphatic carbocycles. The number of thioether (sulfide) groups is 1. The lowest BCUT2D eigenvalue weighted by molar-refractivity contribution is -0.137. The van der Waals surface area contributed by atoms with Gasteiger partial charge in [0.15, 0.2) is 0 Å².